The number of anilines is 1. The molecule has 0 aliphatic carbocycles. The largest absolute Gasteiger partial charge is 0.330 e. The maximum absolute atomic E-state index is 12.2. The van der Waals surface area contributed by atoms with Gasteiger partial charge in [-0.15, -0.1) is 23.7 Å². The highest BCUT2D eigenvalue weighted by molar-refractivity contribution is 7.09. The fourth-order valence-electron chi connectivity index (χ4n) is 2.63. The van der Waals surface area contributed by atoms with Gasteiger partial charge < -0.3 is 11.1 Å². The minimum Gasteiger partial charge on any atom is -0.330 e. The number of imide groups is 1. The van der Waals surface area contributed by atoms with E-state index in [1.165, 1.54) is 11.3 Å². The minimum atomic E-state index is -0.316. The molecule has 0 bridgehead atoms. The van der Waals surface area contributed by atoms with Gasteiger partial charge in [-0.1, -0.05) is 12.1 Å². The van der Waals surface area contributed by atoms with Crippen molar-refractivity contribution in [3.8, 4) is 0 Å². The number of halogens is 1. The third-order valence-corrected chi connectivity index (χ3v) is 4.81. The van der Waals surface area contributed by atoms with Crippen LogP contribution in [-0.4, -0.2) is 29.3 Å². The molecule has 7 nitrogen and oxygen atoms in total. The Hall–Kier alpha value is -2.29. The smallest absolute Gasteiger partial charge is 0.275 e. The Bertz CT molecular complexity index is 807. The van der Waals surface area contributed by atoms with Crippen molar-refractivity contribution in [2.45, 2.75) is 19.3 Å². The lowest BCUT2D eigenvalue weighted by molar-refractivity contribution is -0.125. The van der Waals surface area contributed by atoms with Crippen molar-refractivity contribution in [3.05, 3.63) is 45.9 Å². The summed E-state index contributed by atoms with van der Waals surface area (Å²) in [6.07, 6.45) is 1.39. The molecule has 9 heteroatoms. The Labute approximate surface area is 160 Å². The summed E-state index contributed by atoms with van der Waals surface area (Å²) in [5, 5.41) is 7.65. The quantitative estimate of drug-likeness (QED) is 0.643. The maximum atomic E-state index is 12.2. The van der Waals surface area contributed by atoms with Gasteiger partial charge in [-0.2, -0.15) is 0 Å². The molecule has 4 N–H and O–H groups in total. The fraction of sp³-hybridized carbons (Fsp3) is 0.294. The number of nitrogens with one attached hydrogen (secondary N) is 2. The van der Waals surface area contributed by atoms with Crippen molar-refractivity contribution < 1.29 is 14.4 Å². The van der Waals surface area contributed by atoms with Crippen molar-refractivity contribution in [2.75, 3.05) is 11.9 Å². The summed E-state index contributed by atoms with van der Waals surface area (Å²) in [6, 6.07) is 7.23. The molecular formula is C17H19ClN4O3S. The summed E-state index contributed by atoms with van der Waals surface area (Å²) in [7, 11) is 0. The molecule has 2 aromatic rings. The molecule has 0 spiro atoms. The number of hydrogen-bond acceptors (Lipinski definition) is 6. The van der Waals surface area contributed by atoms with E-state index in [2.05, 4.69) is 15.6 Å². The van der Waals surface area contributed by atoms with Gasteiger partial charge in [0.2, 0.25) is 11.8 Å². The lowest BCUT2D eigenvalue weighted by Crippen LogP contribution is -2.22. The monoisotopic (exact) mass is 394 g/mol. The Morgan fingerprint density at radius 3 is 2.65 bits per heavy atom. The number of nitrogens with two attached hydrogens (primary N) is 1. The van der Waals surface area contributed by atoms with Crippen LogP contribution in [0.5, 0.6) is 0 Å². The van der Waals surface area contributed by atoms with E-state index in [1.807, 2.05) is 12.1 Å². The van der Waals surface area contributed by atoms with Crippen LogP contribution in [0.3, 0.4) is 0 Å². The average molecular weight is 395 g/mol. The molecule has 2 heterocycles. The normalized spacial score (nSPS) is 16.1. The Morgan fingerprint density at radius 1 is 1.31 bits per heavy atom. The van der Waals surface area contributed by atoms with Crippen molar-refractivity contribution >= 4 is 47.2 Å². The molecule has 1 fully saturated rings. The van der Waals surface area contributed by atoms with E-state index in [0.717, 1.165) is 10.6 Å². The molecule has 1 atom stereocenters. The van der Waals surface area contributed by atoms with Gasteiger partial charge in [0, 0.05) is 23.9 Å². The fourth-order valence-corrected chi connectivity index (χ4v) is 3.42. The van der Waals surface area contributed by atoms with Gasteiger partial charge in [0.05, 0.1) is 10.9 Å². The standard InChI is InChI=1S/C17H18N4O3S.ClH/c18-6-5-15-20-13(9-25-15)17(24)19-12-3-1-10(2-4-12)7-11-8-14(22)21-16(11)23;/h1-4,9,11H,5-8,18H2,(H,19,24)(H,21,22,23);1H. The number of aromatic nitrogens is 1. The van der Waals surface area contributed by atoms with Crippen LogP contribution in [0.25, 0.3) is 0 Å². The van der Waals surface area contributed by atoms with Crippen LogP contribution in [-0.2, 0) is 22.4 Å². The lowest BCUT2D eigenvalue weighted by Gasteiger charge is -2.08. The van der Waals surface area contributed by atoms with Crippen molar-refractivity contribution in [3.63, 3.8) is 0 Å². The molecule has 1 aliphatic heterocycles. The van der Waals surface area contributed by atoms with Gasteiger partial charge in [0.25, 0.3) is 5.91 Å². The van der Waals surface area contributed by atoms with Crippen LogP contribution in [0.2, 0.25) is 0 Å². The Balaban J connectivity index is 0.00000243. The second-order valence-corrected chi connectivity index (χ2v) is 6.78. The highest BCUT2D eigenvalue weighted by Crippen LogP contribution is 2.19. The van der Waals surface area contributed by atoms with Gasteiger partial charge in [-0.25, -0.2) is 4.98 Å². The number of carbonyl (C=O) groups is 3. The van der Waals surface area contributed by atoms with Gasteiger partial charge in [-0.05, 0) is 30.7 Å². The first-order valence-electron chi connectivity index (χ1n) is 7.93. The highest BCUT2D eigenvalue weighted by atomic mass is 35.5. The molecule has 1 aliphatic rings. The maximum Gasteiger partial charge on any atom is 0.275 e. The van der Waals surface area contributed by atoms with Gasteiger partial charge in [0.15, 0.2) is 0 Å². The summed E-state index contributed by atoms with van der Waals surface area (Å²) in [6.45, 7) is 0.501. The number of hydrogen-bond donors (Lipinski definition) is 3. The van der Waals surface area contributed by atoms with E-state index in [4.69, 9.17) is 5.73 Å². The van der Waals surface area contributed by atoms with Crippen molar-refractivity contribution in [2.24, 2.45) is 11.7 Å². The van der Waals surface area contributed by atoms with Crippen LogP contribution in [0.4, 0.5) is 5.69 Å². The molecule has 1 aromatic heterocycles. The van der Waals surface area contributed by atoms with Crippen LogP contribution < -0.4 is 16.4 Å². The molecule has 3 amide bonds. The summed E-state index contributed by atoms with van der Waals surface area (Å²) < 4.78 is 0. The first-order chi connectivity index (χ1) is 12.0. The zero-order valence-electron chi connectivity index (χ0n) is 13.9. The zero-order chi connectivity index (χ0) is 17.8. The number of rotatable bonds is 6. The summed E-state index contributed by atoms with van der Waals surface area (Å²) in [4.78, 5) is 39.3. The third kappa shape index (κ3) is 4.87. The number of nitrogens with zero attached hydrogens (tertiary/aromatic N) is 1. The predicted octanol–water partition coefficient (Wildman–Crippen LogP) is 1.52. The highest BCUT2D eigenvalue weighted by Gasteiger charge is 2.30. The van der Waals surface area contributed by atoms with Crippen LogP contribution in [0.15, 0.2) is 29.6 Å². The summed E-state index contributed by atoms with van der Waals surface area (Å²) >= 11 is 1.42. The molecule has 0 saturated carbocycles. The average Bonchev–Trinajstić information content (AvgIpc) is 3.16. The molecule has 26 heavy (non-hydrogen) atoms. The second-order valence-electron chi connectivity index (χ2n) is 5.83. The van der Waals surface area contributed by atoms with E-state index >= 15 is 0 Å². The van der Waals surface area contributed by atoms with E-state index in [9.17, 15) is 14.4 Å². The van der Waals surface area contributed by atoms with Gasteiger partial charge >= 0.3 is 0 Å². The van der Waals surface area contributed by atoms with Crippen LogP contribution >= 0.6 is 23.7 Å². The third-order valence-electron chi connectivity index (χ3n) is 3.90. The molecule has 138 valence electrons. The van der Waals surface area contributed by atoms with E-state index in [-0.39, 0.29) is 42.5 Å². The predicted molar refractivity (Wildman–Crippen MR) is 101 cm³/mol. The molecule has 1 saturated heterocycles. The number of amides is 3. The number of carbonyl (C=O) groups excluding carboxylic acids is 3. The van der Waals surface area contributed by atoms with E-state index in [1.54, 1.807) is 17.5 Å². The van der Waals surface area contributed by atoms with E-state index in [0.29, 0.717) is 30.8 Å². The molecule has 0 radical (unpaired) electrons. The van der Waals surface area contributed by atoms with Gasteiger partial charge in [0.1, 0.15) is 5.69 Å². The molecule has 1 unspecified atom stereocenters. The van der Waals surface area contributed by atoms with Crippen LogP contribution in [0, 0.1) is 5.92 Å². The summed E-state index contributed by atoms with van der Waals surface area (Å²) in [5.74, 6) is -1.03. The number of benzene rings is 1. The minimum absolute atomic E-state index is 0. The van der Waals surface area contributed by atoms with Crippen LogP contribution in [0.1, 0.15) is 27.5 Å². The van der Waals surface area contributed by atoms with Gasteiger partial charge in [-0.3, -0.25) is 19.7 Å². The topological polar surface area (TPSA) is 114 Å². The lowest BCUT2D eigenvalue weighted by atomic mass is 9.98. The SMILES string of the molecule is Cl.NCCc1nc(C(=O)Nc2ccc(CC3CC(=O)NC3=O)cc2)cs1. The first kappa shape index (κ1) is 20.0. The second kappa shape index (κ2) is 8.88. The zero-order valence-corrected chi connectivity index (χ0v) is 15.5. The molecule has 1 aromatic carbocycles. The molecule has 3 rings (SSSR count). The first-order valence-corrected chi connectivity index (χ1v) is 8.81. The summed E-state index contributed by atoms with van der Waals surface area (Å²) in [5.41, 5.74) is 7.44. The Kier molecular flexibility index (Phi) is 6.84. The molecular weight excluding hydrogens is 376 g/mol. The Morgan fingerprint density at radius 2 is 2.04 bits per heavy atom. The number of thiazole rings is 1. The van der Waals surface area contributed by atoms with Crippen molar-refractivity contribution in [1.82, 2.24) is 10.3 Å². The van der Waals surface area contributed by atoms with E-state index < -0.39 is 0 Å². The van der Waals surface area contributed by atoms with Crippen molar-refractivity contribution in [1.29, 1.82) is 0 Å².